The zero-order chi connectivity index (χ0) is 15.4. The van der Waals surface area contributed by atoms with Crippen LogP contribution in [0, 0.1) is 17.0 Å². The van der Waals surface area contributed by atoms with Crippen molar-refractivity contribution >= 4 is 11.7 Å². The number of carbonyl (C=O) groups excluding carboxylic acids is 1. The summed E-state index contributed by atoms with van der Waals surface area (Å²) in [4.78, 5) is 28.1. The normalized spacial score (nSPS) is 18.4. The Hall–Kier alpha value is -2.18. The van der Waals surface area contributed by atoms with Gasteiger partial charge in [0.05, 0.1) is 0 Å². The van der Waals surface area contributed by atoms with E-state index in [2.05, 4.69) is 4.98 Å². The number of rotatable bonds is 4. The number of carbonyl (C=O) groups is 1. The molecule has 0 unspecified atom stereocenters. The van der Waals surface area contributed by atoms with Gasteiger partial charge in [-0.1, -0.05) is 0 Å². The Morgan fingerprint density at radius 3 is 2.95 bits per heavy atom. The standard InChI is InChI=1S/C14H19N3O4/c1-10-6-7-12(14(15-10)17(19)20)21-9-13(18)16-8-4-3-5-11(16)2/h6-7,11H,3-5,8-9H2,1-2H3/t11-/m1/s1. The minimum absolute atomic E-state index is 0.0311. The van der Waals surface area contributed by atoms with Crippen LogP contribution in [0.3, 0.4) is 0 Å². The van der Waals surface area contributed by atoms with Crippen LogP contribution >= 0.6 is 0 Å². The highest BCUT2D eigenvalue weighted by atomic mass is 16.6. The minimum Gasteiger partial charge on any atom is -0.476 e. The van der Waals surface area contributed by atoms with Crippen LogP contribution in [0.15, 0.2) is 12.1 Å². The molecule has 0 aromatic carbocycles. The first-order valence-electron chi connectivity index (χ1n) is 7.03. The molecule has 7 heteroatoms. The molecule has 2 rings (SSSR count). The van der Waals surface area contributed by atoms with Crippen LogP contribution in [0.4, 0.5) is 5.82 Å². The van der Waals surface area contributed by atoms with E-state index in [1.54, 1.807) is 17.9 Å². The summed E-state index contributed by atoms with van der Waals surface area (Å²) in [6.07, 6.45) is 3.10. The number of amides is 1. The number of hydrogen-bond acceptors (Lipinski definition) is 5. The molecule has 1 aliphatic rings. The maximum absolute atomic E-state index is 12.1. The molecule has 7 nitrogen and oxygen atoms in total. The molecule has 0 aliphatic carbocycles. The van der Waals surface area contributed by atoms with Crippen molar-refractivity contribution < 1.29 is 14.5 Å². The highest BCUT2D eigenvalue weighted by molar-refractivity contribution is 5.78. The number of ether oxygens (including phenoxy) is 1. The number of piperidine rings is 1. The third-order valence-electron chi connectivity index (χ3n) is 3.63. The first-order chi connectivity index (χ1) is 9.99. The number of aryl methyl sites for hydroxylation is 1. The Kier molecular flexibility index (Phi) is 4.72. The van der Waals surface area contributed by atoms with E-state index in [1.165, 1.54) is 6.07 Å². The van der Waals surface area contributed by atoms with Gasteiger partial charge in [0.15, 0.2) is 6.61 Å². The second-order valence-corrected chi connectivity index (χ2v) is 5.25. The second-order valence-electron chi connectivity index (χ2n) is 5.25. The Balaban J connectivity index is 2.02. The molecule has 0 radical (unpaired) electrons. The second kappa shape index (κ2) is 6.51. The first kappa shape index (κ1) is 15.2. The lowest BCUT2D eigenvalue weighted by Crippen LogP contribution is -2.44. The Morgan fingerprint density at radius 1 is 1.52 bits per heavy atom. The predicted octanol–water partition coefficient (Wildman–Crippen LogP) is 2.08. The van der Waals surface area contributed by atoms with Crippen LogP contribution in [-0.4, -0.2) is 39.9 Å². The van der Waals surface area contributed by atoms with Crippen LogP contribution in [0.25, 0.3) is 0 Å². The van der Waals surface area contributed by atoms with Crippen molar-refractivity contribution in [3.63, 3.8) is 0 Å². The van der Waals surface area contributed by atoms with E-state index in [-0.39, 0.29) is 30.1 Å². The molecule has 1 aromatic rings. The molecule has 1 aromatic heterocycles. The number of hydrogen-bond donors (Lipinski definition) is 0. The fraction of sp³-hybridized carbons (Fsp3) is 0.571. The molecule has 1 fully saturated rings. The molecular formula is C14H19N3O4. The van der Waals surface area contributed by atoms with Crippen LogP contribution in [-0.2, 0) is 4.79 Å². The van der Waals surface area contributed by atoms with Gasteiger partial charge in [0, 0.05) is 19.5 Å². The Labute approximate surface area is 123 Å². The van der Waals surface area contributed by atoms with Gasteiger partial charge >= 0.3 is 5.82 Å². The van der Waals surface area contributed by atoms with Crippen molar-refractivity contribution in [2.45, 2.75) is 39.2 Å². The summed E-state index contributed by atoms with van der Waals surface area (Å²) in [5, 5.41) is 10.9. The fourth-order valence-electron chi connectivity index (χ4n) is 2.46. The topological polar surface area (TPSA) is 85.6 Å². The number of nitrogens with zero attached hydrogens (tertiary/aromatic N) is 3. The van der Waals surface area contributed by atoms with Crippen molar-refractivity contribution in [1.82, 2.24) is 9.88 Å². The predicted molar refractivity (Wildman–Crippen MR) is 76.1 cm³/mol. The van der Waals surface area contributed by atoms with Crippen molar-refractivity contribution in [3.8, 4) is 5.75 Å². The molecule has 0 bridgehead atoms. The third kappa shape index (κ3) is 3.68. The SMILES string of the molecule is Cc1ccc(OCC(=O)N2CCCC[C@H]2C)c([N+](=O)[O-])n1. The van der Waals surface area contributed by atoms with E-state index < -0.39 is 4.92 Å². The van der Waals surface area contributed by atoms with Gasteiger partial charge in [-0.05, 0) is 48.2 Å². The largest absolute Gasteiger partial charge is 0.476 e. The van der Waals surface area contributed by atoms with Crippen molar-refractivity contribution in [3.05, 3.63) is 27.9 Å². The van der Waals surface area contributed by atoms with Gasteiger partial charge in [0.25, 0.3) is 5.91 Å². The molecule has 1 saturated heterocycles. The summed E-state index contributed by atoms with van der Waals surface area (Å²) in [6.45, 7) is 4.19. The van der Waals surface area contributed by atoms with Gasteiger partial charge < -0.3 is 19.8 Å². The molecule has 0 N–H and O–H groups in total. The number of aromatic nitrogens is 1. The molecule has 2 heterocycles. The lowest BCUT2D eigenvalue weighted by atomic mass is 10.0. The van der Waals surface area contributed by atoms with E-state index >= 15 is 0 Å². The summed E-state index contributed by atoms with van der Waals surface area (Å²) < 4.78 is 5.32. The number of likely N-dealkylation sites (tertiary alicyclic amines) is 1. The van der Waals surface area contributed by atoms with Crippen LogP contribution < -0.4 is 4.74 Å². The van der Waals surface area contributed by atoms with Gasteiger partial charge in [0.2, 0.25) is 5.75 Å². The minimum atomic E-state index is -0.601. The van der Waals surface area contributed by atoms with Crippen LogP contribution in [0.2, 0.25) is 0 Å². The smallest absolute Gasteiger partial charge is 0.406 e. The van der Waals surface area contributed by atoms with Gasteiger partial charge in [-0.15, -0.1) is 0 Å². The molecule has 0 saturated carbocycles. The quantitative estimate of drug-likeness (QED) is 0.626. The maximum Gasteiger partial charge on any atom is 0.406 e. The van der Waals surface area contributed by atoms with E-state index in [0.29, 0.717) is 5.69 Å². The number of pyridine rings is 1. The summed E-state index contributed by atoms with van der Waals surface area (Å²) >= 11 is 0. The lowest BCUT2D eigenvalue weighted by Gasteiger charge is -2.33. The maximum atomic E-state index is 12.1. The monoisotopic (exact) mass is 293 g/mol. The van der Waals surface area contributed by atoms with E-state index in [0.717, 1.165) is 25.8 Å². The van der Waals surface area contributed by atoms with Crippen molar-refractivity contribution in [2.24, 2.45) is 0 Å². The van der Waals surface area contributed by atoms with Crippen LogP contribution in [0.5, 0.6) is 5.75 Å². The summed E-state index contributed by atoms with van der Waals surface area (Å²) in [5.41, 5.74) is 0.532. The first-order valence-corrected chi connectivity index (χ1v) is 7.03. The highest BCUT2D eigenvalue weighted by Gasteiger charge is 2.25. The molecule has 21 heavy (non-hydrogen) atoms. The highest BCUT2D eigenvalue weighted by Crippen LogP contribution is 2.24. The fourth-order valence-corrected chi connectivity index (χ4v) is 2.46. The number of nitro groups is 1. The van der Waals surface area contributed by atoms with Crippen molar-refractivity contribution in [2.75, 3.05) is 13.2 Å². The molecule has 1 amide bonds. The lowest BCUT2D eigenvalue weighted by molar-refractivity contribution is -0.390. The zero-order valence-corrected chi connectivity index (χ0v) is 12.2. The van der Waals surface area contributed by atoms with Gasteiger partial charge in [0.1, 0.15) is 5.69 Å². The van der Waals surface area contributed by atoms with E-state index in [9.17, 15) is 14.9 Å². The van der Waals surface area contributed by atoms with E-state index in [4.69, 9.17) is 4.74 Å². The van der Waals surface area contributed by atoms with E-state index in [1.807, 2.05) is 6.92 Å². The average Bonchev–Trinajstić information content (AvgIpc) is 2.46. The van der Waals surface area contributed by atoms with Gasteiger partial charge in [-0.3, -0.25) is 4.79 Å². The average molecular weight is 293 g/mol. The van der Waals surface area contributed by atoms with Crippen LogP contribution in [0.1, 0.15) is 31.9 Å². The molecule has 0 spiro atoms. The Morgan fingerprint density at radius 2 is 2.29 bits per heavy atom. The molecule has 1 aliphatic heterocycles. The molecule has 1 atom stereocenters. The molecular weight excluding hydrogens is 274 g/mol. The summed E-state index contributed by atoms with van der Waals surface area (Å²) in [6, 6.07) is 3.30. The molecule has 114 valence electrons. The summed E-state index contributed by atoms with van der Waals surface area (Å²) in [7, 11) is 0. The van der Waals surface area contributed by atoms with Crippen molar-refractivity contribution in [1.29, 1.82) is 0 Å². The Bertz CT molecular complexity index is 547. The zero-order valence-electron chi connectivity index (χ0n) is 12.2. The van der Waals surface area contributed by atoms with Gasteiger partial charge in [-0.25, -0.2) is 0 Å². The third-order valence-corrected chi connectivity index (χ3v) is 3.63. The summed E-state index contributed by atoms with van der Waals surface area (Å²) in [5.74, 6) is -0.463. The van der Waals surface area contributed by atoms with Gasteiger partial charge in [-0.2, -0.15) is 0 Å².